The summed E-state index contributed by atoms with van der Waals surface area (Å²) < 4.78 is 19.1. The van der Waals surface area contributed by atoms with Crippen molar-refractivity contribution in [3.8, 4) is 11.5 Å². The van der Waals surface area contributed by atoms with Crippen molar-refractivity contribution in [2.24, 2.45) is 4.99 Å². The predicted octanol–water partition coefficient (Wildman–Crippen LogP) is 3.98. The van der Waals surface area contributed by atoms with Crippen LogP contribution in [0.2, 0.25) is 0 Å². The van der Waals surface area contributed by atoms with Crippen LogP contribution in [-0.2, 0) is 9.53 Å². The highest BCUT2D eigenvalue weighted by Crippen LogP contribution is 2.33. The first-order valence-electron chi connectivity index (χ1n) is 11.9. The minimum absolute atomic E-state index is 0.237. The molecule has 0 fully saturated rings. The lowest BCUT2D eigenvalue weighted by Gasteiger charge is -2.25. The molecule has 7 nitrogen and oxygen atoms in total. The van der Waals surface area contributed by atoms with Crippen molar-refractivity contribution in [2.45, 2.75) is 46.3 Å². The second-order valence-corrected chi connectivity index (χ2v) is 9.68. The Morgan fingerprint density at radius 3 is 2.58 bits per heavy atom. The van der Waals surface area contributed by atoms with E-state index in [-0.39, 0.29) is 11.7 Å². The quantitative estimate of drug-likeness (QED) is 0.432. The third-order valence-electron chi connectivity index (χ3n) is 5.67. The molecule has 1 unspecified atom stereocenters. The molecule has 0 saturated carbocycles. The maximum Gasteiger partial charge on any atom is 0.338 e. The number of benzene rings is 2. The van der Waals surface area contributed by atoms with Crippen molar-refractivity contribution in [1.29, 1.82) is 0 Å². The van der Waals surface area contributed by atoms with Gasteiger partial charge in [-0.25, -0.2) is 9.79 Å². The summed E-state index contributed by atoms with van der Waals surface area (Å²) in [5.74, 6) is 0.712. The van der Waals surface area contributed by atoms with E-state index >= 15 is 0 Å². The topological polar surface area (TPSA) is 79.1 Å². The molecule has 0 N–H and O–H groups in total. The molecular weight excluding hydrogens is 476 g/mol. The summed E-state index contributed by atoms with van der Waals surface area (Å²) in [7, 11) is 1.59. The largest absolute Gasteiger partial charge is 0.493 e. The number of ether oxygens (including phenoxy) is 3. The lowest BCUT2D eigenvalue weighted by Crippen LogP contribution is -2.40. The van der Waals surface area contributed by atoms with Gasteiger partial charge in [-0.2, -0.15) is 0 Å². The van der Waals surface area contributed by atoms with Crippen LogP contribution in [0, 0.1) is 0 Å². The fraction of sp³-hybridized carbons (Fsp3) is 0.321. The first-order valence-corrected chi connectivity index (χ1v) is 12.8. The van der Waals surface area contributed by atoms with E-state index in [9.17, 15) is 9.59 Å². The van der Waals surface area contributed by atoms with E-state index in [1.54, 1.807) is 38.5 Å². The van der Waals surface area contributed by atoms with Gasteiger partial charge in [-0.05, 0) is 44.9 Å². The van der Waals surface area contributed by atoms with Crippen molar-refractivity contribution in [3.05, 3.63) is 90.6 Å². The molecule has 4 rings (SSSR count). The van der Waals surface area contributed by atoms with Gasteiger partial charge in [0.2, 0.25) is 0 Å². The molecule has 1 atom stereocenters. The van der Waals surface area contributed by atoms with Crippen LogP contribution in [0.25, 0.3) is 6.08 Å². The van der Waals surface area contributed by atoms with E-state index in [0.29, 0.717) is 38.7 Å². The molecule has 0 bridgehead atoms. The van der Waals surface area contributed by atoms with Gasteiger partial charge < -0.3 is 14.2 Å². The van der Waals surface area contributed by atoms with E-state index < -0.39 is 12.0 Å². The summed E-state index contributed by atoms with van der Waals surface area (Å²) in [6.07, 6.45) is 2.34. The van der Waals surface area contributed by atoms with Crippen molar-refractivity contribution in [1.82, 2.24) is 4.57 Å². The maximum absolute atomic E-state index is 13.8. The minimum atomic E-state index is -0.642. The molecule has 8 heteroatoms. The van der Waals surface area contributed by atoms with Gasteiger partial charge in [0.15, 0.2) is 16.3 Å². The highest BCUT2D eigenvalue weighted by molar-refractivity contribution is 7.07. The summed E-state index contributed by atoms with van der Waals surface area (Å²) in [6, 6.07) is 14.4. The van der Waals surface area contributed by atoms with Gasteiger partial charge >= 0.3 is 5.97 Å². The van der Waals surface area contributed by atoms with Crippen LogP contribution in [0.5, 0.6) is 11.5 Å². The van der Waals surface area contributed by atoms with Crippen LogP contribution in [0.3, 0.4) is 0 Å². The van der Waals surface area contributed by atoms with E-state index in [4.69, 9.17) is 14.2 Å². The van der Waals surface area contributed by atoms with E-state index in [0.717, 1.165) is 17.5 Å². The van der Waals surface area contributed by atoms with Crippen molar-refractivity contribution < 1.29 is 19.0 Å². The highest BCUT2D eigenvalue weighted by Gasteiger charge is 2.33. The van der Waals surface area contributed by atoms with Gasteiger partial charge in [-0.1, -0.05) is 60.7 Å². The summed E-state index contributed by atoms with van der Waals surface area (Å²) >= 11 is 1.28. The Bertz CT molecular complexity index is 1470. The van der Waals surface area contributed by atoms with Gasteiger partial charge in [0.25, 0.3) is 5.56 Å². The summed E-state index contributed by atoms with van der Waals surface area (Å²) in [5.41, 5.74) is 2.21. The maximum atomic E-state index is 13.8. The Hall–Kier alpha value is -3.65. The summed E-state index contributed by atoms with van der Waals surface area (Å²) in [5, 5.41) is 0. The fourth-order valence-electron chi connectivity index (χ4n) is 4.12. The number of allylic oxidation sites excluding steroid dienone is 1. The third-order valence-corrected chi connectivity index (χ3v) is 6.65. The number of fused-ring (bicyclic) bond motifs is 1. The molecule has 1 aromatic heterocycles. The van der Waals surface area contributed by atoms with Gasteiger partial charge in [0.1, 0.15) is 0 Å². The fourth-order valence-corrected chi connectivity index (χ4v) is 5.16. The monoisotopic (exact) mass is 506 g/mol. The van der Waals surface area contributed by atoms with Crippen molar-refractivity contribution in [2.75, 3.05) is 13.7 Å². The molecular formula is C28H30N2O5S. The second-order valence-electron chi connectivity index (χ2n) is 8.67. The molecule has 0 amide bonds. The van der Waals surface area contributed by atoms with Gasteiger partial charge in [0.05, 0.1) is 41.7 Å². The highest BCUT2D eigenvalue weighted by atomic mass is 32.1. The van der Waals surface area contributed by atoms with Crippen LogP contribution < -0.4 is 24.4 Å². The zero-order valence-corrected chi connectivity index (χ0v) is 21.9. The Morgan fingerprint density at radius 1 is 1.17 bits per heavy atom. The average Bonchev–Trinajstić information content (AvgIpc) is 3.16. The van der Waals surface area contributed by atoms with Gasteiger partial charge in [0, 0.05) is 5.56 Å². The second kappa shape index (κ2) is 11.0. The number of aromatic nitrogens is 1. The molecule has 2 aromatic carbocycles. The number of methoxy groups -OCH3 is 1. The molecule has 36 heavy (non-hydrogen) atoms. The Balaban J connectivity index is 1.92. The smallest absolute Gasteiger partial charge is 0.338 e. The third kappa shape index (κ3) is 4.99. The molecule has 2 heterocycles. The zero-order valence-electron chi connectivity index (χ0n) is 21.1. The number of esters is 1. The molecule has 0 saturated heterocycles. The van der Waals surface area contributed by atoms with Crippen LogP contribution in [0.1, 0.15) is 51.3 Å². The Labute approximate surface area is 214 Å². The molecule has 0 radical (unpaired) electrons. The first-order chi connectivity index (χ1) is 17.3. The number of hydrogen-bond acceptors (Lipinski definition) is 7. The van der Waals surface area contributed by atoms with E-state index in [1.807, 2.05) is 55.5 Å². The summed E-state index contributed by atoms with van der Waals surface area (Å²) in [4.78, 5) is 32.1. The minimum Gasteiger partial charge on any atom is -0.493 e. The van der Waals surface area contributed by atoms with Crippen LogP contribution in [0.15, 0.2) is 69.6 Å². The molecule has 1 aliphatic rings. The number of carbonyl (C=O) groups excluding carboxylic acids is 1. The van der Waals surface area contributed by atoms with Crippen LogP contribution in [-0.4, -0.2) is 30.4 Å². The Kier molecular flexibility index (Phi) is 7.74. The van der Waals surface area contributed by atoms with Crippen LogP contribution >= 0.6 is 11.3 Å². The number of rotatable bonds is 8. The average molecular weight is 507 g/mol. The number of carbonyl (C=O) groups is 1. The lowest BCUT2D eigenvalue weighted by molar-refractivity contribution is -0.143. The molecule has 3 aromatic rings. The predicted molar refractivity (Wildman–Crippen MR) is 140 cm³/mol. The molecule has 1 aliphatic heterocycles. The number of thiazole rings is 1. The van der Waals surface area contributed by atoms with Crippen LogP contribution in [0.4, 0.5) is 0 Å². The van der Waals surface area contributed by atoms with Gasteiger partial charge in [-0.3, -0.25) is 9.36 Å². The number of hydrogen-bond donors (Lipinski definition) is 0. The Morgan fingerprint density at radius 2 is 1.92 bits per heavy atom. The molecule has 188 valence electrons. The van der Waals surface area contributed by atoms with Crippen molar-refractivity contribution in [3.63, 3.8) is 0 Å². The standard InChI is InChI=1S/C28H30N2O5S/c1-6-15-34-25-20(13-10-14-21(25)33-5)16-22-26(31)30-24(19-11-8-7-9-12-19)23(27(32)35-17(2)3)18(4)29-28(30)36-22/h7-14,16-17,24H,6,15H2,1-5H3. The zero-order chi connectivity index (χ0) is 25.8. The summed E-state index contributed by atoms with van der Waals surface area (Å²) in [6.45, 7) is 7.93. The van der Waals surface area contributed by atoms with Crippen molar-refractivity contribution >= 4 is 23.4 Å². The number of nitrogens with zero attached hydrogens (tertiary/aromatic N) is 2. The lowest BCUT2D eigenvalue weighted by atomic mass is 9.96. The molecule has 0 aliphatic carbocycles. The molecule has 0 spiro atoms. The SMILES string of the molecule is CCCOc1c(C=c2sc3n(c2=O)C(c2ccccc2)C(C(=O)OC(C)C)=C(C)N=3)cccc1OC. The first kappa shape index (κ1) is 25.4. The number of para-hydroxylation sites is 1. The normalized spacial score (nSPS) is 15.5. The van der Waals surface area contributed by atoms with E-state index in [2.05, 4.69) is 4.99 Å². The van der Waals surface area contributed by atoms with E-state index in [1.165, 1.54) is 11.3 Å². The van der Waals surface area contributed by atoms with Gasteiger partial charge in [-0.15, -0.1) is 0 Å².